The van der Waals surface area contributed by atoms with E-state index in [2.05, 4.69) is 16.0 Å². The maximum absolute atomic E-state index is 11.3. The van der Waals surface area contributed by atoms with E-state index in [-0.39, 0.29) is 18.1 Å². The van der Waals surface area contributed by atoms with Crippen LogP contribution in [-0.4, -0.2) is 31.8 Å². The van der Waals surface area contributed by atoms with Gasteiger partial charge >= 0.3 is 5.97 Å². The van der Waals surface area contributed by atoms with E-state index in [0.717, 1.165) is 25.0 Å². The van der Waals surface area contributed by atoms with E-state index in [1.54, 1.807) is 12.1 Å². The minimum absolute atomic E-state index is 0.0715. The highest BCUT2D eigenvalue weighted by Crippen LogP contribution is 2.16. The monoisotopic (exact) mass is 273 g/mol. The van der Waals surface area contributed by atoms with Crippen molar-refractivity contribution in [2.24, 2.45) is 0 Å². The molecule has 4 nitrogen and oxygen atoms in total. The summed E-state index contributed by atoms with van der Waals surface area (Å²) >= 11 is 0. The molecule has 1 N–H and O–H groups in total. The lowest BCUT2D eigenvalue weighted by Crippen LogP contribution is -2.37. The van der Waals surface area contributed by atoms with Crippen LogP contribution in [0.5, 0.6) is 0 Å². The van der Waals surface area contributed by atoms with Crippen LogP contribution < -0.4 is 5.32 Å². The molecule has 0 spiro atoms. The molecule has 20 heavy (non-hydrogen) atoms. The second-order valence-electron chi connectivity index (χ2n) is 4.77. The molecule has 2 rings (SSSR count). The number of hydrogen-bond donors (Lipinski definition) is 1. The first-order valence-electron chi connectivity index (χ1n) is 6.73. The van der Waals surface area contributed by atoms with Crippen LogP contribution in [0.1, 0.15) is 28.8 Å². The van der Waals surface area contributed by atoms with Crippen molar-refractivity contribution >= 4 is 5.97 Å². The SMILES string of the molecule is C#C[C@H](NCc1ccc(C(=O)OC)cc1)[C@H]1CCCO1. The Bertz CT molecular complexity index is 483. The Morgan fingerprint density at radius 1 is 1.55 bits per heavy atom. The molecule has 2 atom stereocenters. The Balaban J connectivity index is 1.90. The standard InChI is InChI=1S/C16H19NO3/c1-3-14(15-5-4-10-20-15)17-11-12-6-8-13(9-7-12)16(18)19-2/h1,6-9,14-15,17H,4-5,10-11H2,2H3/t14-,15+/m0/s1. The Labute approximate surface area is 119 Å². The van der Waals surface area contributed by atoms with Crippen LogP contribution in [0.4, 0.5) is 0 Å². The normalized spacial score (nSPS) is 19.3. The molecule has 1 heterocycles. The number of benzene rings is 1. The smallest absolute Gasteiger partial charge is 0.337 e. The lowest BCUT2D eigenvalue weighted by Gasteiger charge is -2.19. The number of nitrogens with one attached hydrogen (secondary N) is 1. The number of terminal acetylenes is 1. The number of carbonyl (C=O) groups is 1. The maximum Gasteiger partial charge on any atom is 0.337 e. The molecule has 0 radical (unpaired) electrons. The third-order valence-corrected chi connectivity index (χ3v) is 3.42. The van der Waals surface area contributed by atoms with Crippen molar-refractivity contribution in [2.75, 3.05) is 13.7 Å². The average molecular weight is 273 g/mol. The molecule has 106 valence electrons. The van der Waals surface area contributed by atoms with Crippen molar-refractivity contribution in [3.63, 3.8) is 0 Å². The topological polar surface area (TPSA) is 47.6 Å². The predicted molar refractivity (Wildman–Crippen MR) is 76.2 cm³/mol. The zero-order valence-corrected chi connectivity index (χ0v) is 11.6. The van der Waals surface area contributed by atoms with Gasteiger partial charge in [-0.1, -0.05) is 18.1 Å². The fourth-order valence-electron chi connectivity index (χ4n) is 2.27. The molecule has 1 fully saturated rings. The first kappa shape index (κ1) is 14.6. The molecule has 4 heteroatoms. The molecule has 1 aliphatic rings. The zero-order chi connectivity index (χ0) is 14.4. The van der Waals surface area contributed by atoms with Gasteiger partial charge in [-0.05, 0) is 30.5 Å². The second-order valence-corrected chi connectivity index (χ2v) is 4.77. The number of rotatable bonds is 5. The van der Waals surface area contributed by atoms with Gasteiger partial charge in [-0.15, -0.1) is 6.42 Å². The van der Waals surface area contributed by atoms with E-state index >= 15 is 0 Å². The molecular weight excluding hydrogens is 254 g/mol. The van der Waals surface area contributed by atoms with E-state index < -0.39 is 0 Å². The van der Waals surface area contributed by atoms with Crippen LogP contribution in [0, 0.1) is 12.3 Å². The van der Waals surface area contributed by atoms with Gasteiger partial charge < -0.3 is 9.47 Å². The lowest BCUT2D eigenvalue weighted by molar-refractivity contribution is 0.0600. The zero-order valence-electron chi connectivity index (χ0n) is 11.6. The van der Waals surface area contributed by atoms with E-state index in [9.17, 15) is 4.79 Å². The van der Waals surface area contributed by atoms with Crippen molar-refractivity contribution in [3.8, 4) is 12.3 Å². The van der Waals surface area contributed by atoms with Crippen LogP contribution >= 0.6 is 0 Å². The van der Waals surface area contributed by atoms with E-state index in [1.807, 2.05) is 12.1 Å². The largest absolute Gasteiger partial charge is 0.465 e. The number of carbonyl (C=O) groups excluding carboxylic acids is 1. The highest BCUT2D eigenvalue weighted by atomic mass is 16.5. The van der Waals surface area contributed by atoms with Crippen molar-refractivity contribution in [1.29, 1.82) is 0 Å². The molecule has 1 aromatic rings. The first-order valence-corrected chi connectivity index (χ1v) is 6.73. The highest BCUT2D eigenvalue weighted by molar-refractivity contribution is 5.89. The molecule has 0 bridgehead atoms. The molecule has 1 aromatic carbocycles. The lowest BCUT2D eigenvalue weighted by atomic mass is 10.1. The first-order chi connectivity index (χ1) is 9.74. The van der Waals surface area contributed by atoms with Crippen molar-refractivity contribution in [2.45, 2.75) is 31.5 Å². The van der Waals surface area contributed by atoms with Gasteiger partial charge in [0.1, 0.15) is 0 Å². The Hall–Kier alpha value is -1.83. The fraction of sp³-hybridized carbons (Fsp3) is 0.438. The molecule has 0 unspecified atom stereocenters. The van der Waals surface area contributed by atoms with Crippen LogP contribution in [0.2, 0.25) is 0 Å². The van der Waals surface area contributed by atoms with E-state index in [0.29, 0.717) is 12.1 Å². The van der Waals surface area contributed by atoms with Crippen molar-refractivity contribution in [1.82, 2.24) is 5.32 Å². The Kier molecular flexibility index (Phi) is 5.16. The summed E-state index contributed by atoms with van der Waals surface area (Å²) in [6.45, 7) is 1.44. The van der Waals surface area contributed by atoms with Gasteiger partial charge in [0.25, 0.3) is 0 Å². The summed E-state index contributed by atoms with van der Waals surface area (Å²) in [5.41, 5.74) is 1.61. The second kappa shape index (κ2) is 7.09. The molecule has 1 aliphatic heterocycles. The summed E-state index contributed by atoms with van der Waals surface area (Å²) < 4.78 is 10.3. The van der Waals surface area contributed by atoms with Gasteiger partial charge in [-0.25, -0.2) is 4.79 Å². The third-order valence-electron chi connectivity index (χ3n) is 3.42. The molecule has 0 aromatic heterocycles. The van der Waals surface area contributed by atoms with Gasteiger partial charge in [0.2, 0.25) is 0 Å². The fourth-order valence-corrected chi connectivity index (χ4v) is 2.27. The van der Waals surface area contributed by atoms with Crippen LogP contribution in [0.25, 0.3) is 0 Å². The summed E-state index contributed by atoms with van der Waals surface area (Å²) in [4.78, 5) is 11.3. The van der Waals surface area contributed by atoms with Gasteiger partial charge in [0.15, 0.2) is 0 Å². The maximum atomic E-state index is 11.3. The van der Waals surface area contributed by atoms with Crippen molar-refractivity contribution in [3.05, 3.63) is 35.4 Å². The van der Waals surface area contributed by atoms with Crippen LogP contribution in [0.3, 0.4) is 0 Å². The minimum Gasteiger partial charge on any atom is -0.465 e. The average Bonchev–Trinajstić information content (AvgIpc) is 3.02. The van der Waals surface area contributed by atoms with E-state index in [4.69, 9.17) is 11.2 Å². The summed E-state index contributed by atoms with van der Waals surface area (Å²) in [5, 5.41) is 3.31. The summed E-state index contributed by atoms with van der Waals surface area (Å²) in [6, 6.07) is 7.21. The molecular formula is C16H19NO3. The predicted octanol–water partition coefficient (Wildman–Crippen LogP) is 1.74. The highest BCUT2D eigenvalue weighted by Gasteiger charge is 2.23. The van der Waals surface area contributed by atoms with Gasteiger partial charge in [0.05, 0.1) is 24.8 Å². The molecule has 0 saturated carbocycles. The number of ether oxygens (including phenoxy) is 2. The Morgan fingerprint density at radius 2 is 2.30 bits per heavy atom. The minimum atomic E-state index is -0.328. The summed E-state index contributed by atoms with van der Waals surface area (Å²) in [5.74, 6) is 2.41. The Morgan fingerprint density at radius 3 is 2.85 bits per heavy atom. The van der Waals surface area contributed by atoms with Crippen LogP contribution in [0.15, 0.2) is 24.3 Å². The van der Waals surface area contributed by atoms with Gasteiger partial charge in [-0.3, -0.25) is 5.32 Å². The molecule has 0 aliphatic carbocycles. The third kappa shape index (κ3) is 3.60. The quantitative estimate of drug-likeness (QED) is 0.656. The number of esters is 1. The number of methoxy groups -OCH3 is 1. The van der Waals surface area contributed by atoms with E-state index in [1.165, 1.54) is 7.11 Å². The molecule has 1 saturated heterocycles. The van der Waals surface area contributed by atoms with Crippen LogP contribution in [-0.2, 0) is 16.0 Å². The number of hydrogen-bond acceptors (Lipinski definition) is 4. The summed E-state index contributed by atoms with van der Waals surface area (Å²) in [6.07, 6.45) is 7.72. The van der Waals surface area contributed by atoms with Crippen molar-refractivity contribution < 1.29 is 14.3 Å². The molecule has 0 amide bonds. The summed E-state index contributed by atoms with van der Waals surface area (Å²) in [7, 11) is 1.37. The van der Waals surface area contributed by atoms with Gasteiger partial charge in [-0.2, -0.15) is 0 Å². The van der Waals surface area contributed by atoms with Gasteiger partial charge in [0, 0.05) is 13.2 Å².